The Hall–Kier alpha value is -1.20. The van der Waals surface area contributed by atoms with Crippen LogP contribution in [0.3, 0.4) is 0 Å². The molecule has 0 atom stereocenters. The number of thiophene rings is 1. The molecule has 15 heavy (non-hydrogen) atoms. The second kappa shape index (κ2) is 4.12. The van der Waals surface area contributed by atoms with Crippen LogP contribution in [0.15, 0.2) is 18.3 Å². The van der Waals surface area contributed by atoms with Gasteiger partial charge in [0, 0.05) is 11.9 Å². The first-order chi connectivity index (χ1) is 7.16. The average molecular weight is 243 g/mol. The van der Waals surface area contributed by atoms with Crippen molar-refractivity contribution in [2.24, 2.45) is 0 Å². The van der Waals surface area contributed by atoms with Crippen LogP contribution in [0.1, 0.15) is 4.88 Å². The van der Waals surface area contributed by atoms with Gasteiger partial charge in [0.05, 0.1) is 22.8 Å². The van der Waals surface area contributed by atoms with Crippen LogP contribution in [0.4, 0.5) is 11.5 Å². The molecule has 2 heterocycles. The third kappa shape index (κ3) is 2.24. The molecule has 0 bridgehead atoms. The van der Waals surface area contributed by atoms with Crippen molar-refractivity contribution in [2.75, 3.05) is 17.7 Å². The minimum Gasteiger partial charge on any atom is -0.382 e. The second-order valence-corrected chi connectivity index (χ2v) is 5.03. The van der Waals surface area contributed by atoms with Crippen molar-refractivity contribution < 1.29 is 0 Å². The molecule has 4 nitrogen and oxygen atoms in total. The Morgan fingerprint density at radius 2 is 2.40 bits per heavy atom. The molecule has 0 fully saturated rings. The van der Waals surface area contributed by atoms with E-state index in [-0.39, 0.29) is 0 Å². The smallest absolute Gasteiger partial charge is 0.142 e. The van der Waals surface area contributed by atoms with Crippen LogP contribution in [-0.2, 0) is 6.54 Å². The highest BCUT2D eigenvalue weighted by Crippen LogP contribution is 2.25. The maximum Gasteiger partial charge on any atom is 0.142 e. The highest BCUT2D eigenvalue weighted by atomic mass is 35.5. The van der Waals surface area contributed by atoms with E-state index in [0.717, 1.165) is 16.6 Å². The number of anilines is 2. The SMILES string of the molecule is CN(Cc1ccc(Cl)s1)c1cn[nH]c1N. The molecule has 0 spiro atoms. The number of nitrogens with one attached hydrogen (secondary N) is 1. The summed E-state index contributed by atoms with van der Waals surface area (Å²) in [5.41, 5.74) is 6.62. The zero-order valence-electron chi connectivity index (χ0n) is 8.20. The number of aromatic nitrogens is 2. The zero-order valence-corrected chi connectivity index (χ0v) is 9.77. The van der Waals surface area contributed by atoms with E-state index in [2.05, 4.69) is 10.2 Å². The Balaban J connectivity index is 2.10. The Morgan fingerprint density at radius 3 is 2.93 bits per heavy atom. The molecule has 0 aromatic carbocycles. The number of aromatic amines is 1. The van der Waals surface area contributed by atoms with Gasteiger partial charge in [0.1, 0.15) is 5.82 Å². The van der Waals surface area contributed by atoms with Gasteiger partial charge in [-0.05, 0) is 12.1 Å². The van der Waals surface area contributed by atoms with Crippen molar-refractivity contribution in [2.45, 2.75) is 6.54 Å². The third-order valence-corrected chi connectivity index (χ3v) is 3.30. The summed E-state index contributed by atoms with van der Waals surface area (Å²) in [5, 5.41) is 6.58. The Morgan fingerprint density at radius 1 is 1.60 bits per heavy atom. The van der Waals surface area contributed by atoms with Crippen molar-refractivity contribution >= 4 is 34.4 Å². The number of nitrogens with zero attached hydrogens (tertiary/aromatic N) is 2. The van der Waals surface area contributed by atoms with Crippen LogP contribution in [0.2, 0.25) is 4.34 Å². The summed E-state index contributed by atoms with van der Waals surface area (Å²) in [6.45, 7) is 0.779. The number of hydrogen-bond acceptors (Lipinski definition) is 4. The fraction of sp³-hybridized carbons (Fsp3) is 0.222. The highest BCUT2D eigenvalue weighted by molar-refractivity contribution is 7.16. The topological polar surface area (TPSA) is 57.9 Å². The molecule has 2 aromatic rings. The monoisotopic (exact) mass is 242 g/mol. The summed E-state index contributed by atoms with van der Waals surface area (Å²) >= 11 is 7.43. The van der Waals surface area contributed by atoms with E-state index in [1.165, 1.54) is 4.88 Å². The van der Waals surface area contributed by atoms with Crippen LogP contribution >= 0.6 is 22.9 Å². The Kier molecular flexibility index (Phi) is 2.83. The van der Waals surface area contributed by atoms with Crippen LogP contribution in [-0.4, -0.2) is 17.2 Å². The van der Waals surface area contributed by atoms with Gasteiger partial charge >= 0.3 is 0 Å². The fourth-order valence-electron chi connectivity index (χ4n) is 1.35. The maximum atomic E-state index is 5.86. The number of rotatable bonds is 3. The molecule has 3 N–H and O–H groups in total. The van der Waals surface area contributed by atoms with Gasteiger partial charge in [0.25, 0.3) is 0 Å². The van der Waals surface area contributed by atoms with E-state index < -0.39 is 0 Å². The lowest BCUT2D eigenvalue weighted by molar-refractivity contribution is 0.943. The van der Waals surface area contributed by atoms with E-state index in [9.17, 15) is 0 Å². The van der Waals surface area contributed by atoms with Crippen LogP contribution in [0, 0.1) is 0 Å². The van der Waals surface area contributed by atoms with E-state index >= 15 is 0 Å². The molecule has 0 aliphatic rings. The molecule has 0 unspecified atom stereocenters. The second-order valence-electron chi connectivity index (χ2n) is 3.23. The van der Waals surface area contributed by atoms with Gasteiger partial charge in [-0.1, -0.05) is 11.6 Å². The van der Waals surface area contributed by atoms with E-state index in [4.69, 9.17) is 17.3 Å². The molecule has 0 aliphatic heterocycles. The summed E-state index contributed by atoms with van der Waals surface area (Å²) in [6, 6.07) is 3.91. The predicted molar refractivity (Wildman–Crippen MR) is 64.4 cm³/mol. The van der Waals surface area contributed by atoms with Gasteiger partial charge in [-0.2, -0.15) is 5.10 Å². The average Bonchev–Trinajstić information content (AvgIpc) is 2.75. The molecule has 2 aromatic heterocycles. The normalized spacial score (nSPS) is 10.5. The van der Waals surface area contributed by atoms with Crippen LogP contribution in [0.25, 0.3) is 0 Å². The first kappa shape index (κ1) is 10.3. The van der Waals surface area contributed by atoms with Crippen molar-refractivity contribution in [3.63, 3.8) is 0 Å². The molecule has 6 heteroatoms. The standard InChI is InChI=1S/C9H11ClN4S/c1-14(7-4-12-13-9(7)11)5-6-2-3-8(10)15-6/h2-4H,5H2,1H3,(H3,11,12,13). The molecular weight excluding hydrogens is 232 g/mol. The zero-order chi connectivity index (χ0) is 10.8. The largest absolute Gasteiger partial charge is 0.382 e. The lowest BCUT2D eigenvalue weighted by atomic mass is 10.4. The van der Waals surface area contributed by atoms with Gasteiger partial charge in [-0.15, -0.1) is 11.3 Å². The quantitative estimate of drug-likeness (QED) is 0.869. The molecule has 0 radical (unpaired) electrons. The van der Waals surface area contributed by atoms with Gasteiger partial charge in [-0.25, -0.2) is 0 Å². The van der Waals surface area contributed by atoms with Crippen molar-refractivity contribution in [1.29, 1.82) is 0 Å². The molecule has 0 amide bonds. The molecule has 0 aliphatic carbocycles. The summed E-state index contributed by atoms with van der Waals surface area (Å²) in [7, 11) is 1.97. The first-order valence-electron chi connectivity index (χ1n) is 4.41. The lowest BCUT2D eigenvalue weighted by Gasteiger charge is -2.16. The number of H-pyrrole nitrogens is 1. The summed E-state index contributed by atoms with van der Waals surface area (Å²) < 4.78 is 0.804. The third-order valence-electron chi connectivity index (χ3n) is 2.08. The minimum atomic E-state index is 0.583. The number of halogens is 1. The Bertz CT molecular complexity index is 450. The fourth-order valence-corrected chi connectivity index (χ4v) is 2.49. The van der Waals surface area contributed by atoms with Crippen molar-refractivity contribution in [3.05, 3.63) is 27.5 Å². The van der Waals surface area contributed by atoms with Gasteiger partial charge in [-0.3, -0.25) is 5.10 Å². The predicted octanol–water partition coefficient (Wildman–Crippen LogP) is 2.34. The van der Waals surface area contributed by atoms with Crippen molar-refractivity contribution in [1.82, 2.24) is 10.2 Å². The van der Waals surface area contributed by atoms with E-state index in [0.29, 0.717) is 5.82 Å². The lowest BCUT2D eigenvalue weighted by Crippen LogP contribution is -2.16. The van der Waals surface area contributed by atoms with E-state index in [1.807, 2.05) is 24.1 Å². The minimum absolute atomic E-state index is 0.583. The molecule has 0 saturated carbocycles. The van der Waals surface area contributed by atoms with Crippen molar-refractivity contribution in [3.8, 4) is 0 Å². The highest BCUT2D eigenvalue weighted by Gasteiger charge is 2.08. The molecule has 2 rings (SSSR count). The van der Waals surface area contributed by atoms with Crippen LogP contribution < -0.4 is 10.6 Å². The summed E-state index contributed by atoms with van der Waals surface area (Å²) in [5.74, 6) is 0.583. The summed E-state index contributed by atoms with van der Waals surface area (Å²) in [4.78, 5) is 3.23. The number of hydrogen-bond donors (Lipinski definition) is 2. The van der Waals surface area contributed by atoms with E-state index in [1.54, 1.807) is 17.5 Å². The summed E-state index contributed by atoms with van der Waals surface area (Å²) in [6.07, 6.45) is 1.71. The maximum absolute atomic E-state index is 5.86. The first-order valence-corrected chi connectivity index (χ1v) is 5.60. The number of nitrogens with two attached hydrogens (primary N) is 1. The van der Waals surface area contributed by atoms with Gasteiger partial charge in [0.2, 0.25) is 0 Å². The van der Waals surface area contributed by atoms with Gasteiger partial charge in [0.15, 0.2) is 0 Å². The van der Waals surface area contributed by atoms with Crippen LogP contribution in [0.5, 0.6) is 0 Å². The molecule has 0 saturated heterocycles. The van der Waals surface area contributed by atoms with Gasteiger partial charge < -0.3 is 10.6 Å². The molecular formula is C9H11ClN4S. The number of nitrogen functional groups attached to an aromatic ring is 1. The Labute approximate surface area is 96.7 Å². The molecule has 80 valence electrons.